The van der Waals surface area contributed by atoms with Crippen LogP contribution in [0.4, 0.5) is 0 Å². The minimum absolute atomic E-state index is 0.0122. The van der Waals surface area contributed by atoms with Gasteiger partial charge in [-0.05, 0) is 0 Å². The molecule has 1 aromatic rings. The summed E-state index contributed by atoms with van der Waals surface area (Å²) in [6, 6.07) is 5.37. The van der Waals surface area contributed by atoms with Gasteiger partial charge in [0.25, 0.3) is 0 Å². The van der Waals surface area contributed by atoms with Gasteiger partial charge < -0.3 is 0 Å². The minimum Gasteiger partial charge on any atom is -0.294 e. The Morgan fingerprint density at radius 1 is 1.00 bits per heavy atom. The third-order valence-corrected chi connectivity index (χ3v) is 2.85. The van der Waals surface area contributed by atoms with Crippen LogP contribution in [0.2, 0.25) is 0 Å². The summed E-state index contributed by atoms with van der Waals surface area (Å²) in [6.07, 6.45) is -1.05. The number of fused-ring (bicyclic) bond motifs is 1. The van der Waals surface area contributed by atoms with Crippen molar-refractivity contribution in [1.29, 1.82) is 0 Å². The summed E-state index contributed by atoms with van der Waals surface area (Å²) in [4.78, 5) is 42.8. The first-order chi connectivity index (χ1) is 8.41. The van der Waals surface area contributed by atoms with Crippen LogP contribution in [0.1, 0.15) is 27.1 Å². The van der Waals surface area contributed by atoms with E-state index in [0.29, 0.717) is 0 Å². The number of benzene rings is 1. The van der Waals surface area contributed by atoms with Crippen LogP contribution in [0.5, 0.6) is 0 Å². The minimum atomic E-state index is -3.09. The molecule has 0 heterocycles. The van der Waals surface area contributed by atoms with E-state index in [1.54, 1.807) is 0 Å². The van der Waals surface area contributed by atoms with Gasteiger partial charge in [0.15, 0.2) is 12.2 Å². The number of Topliss-reactive ketones (excluding diaryl/α,β-unsaturated/α-hetero) is 2. The first kappa shape index (κ1) is 11.8. The molecule has 1 aliphatic carbocycles. The van der Waals surface area contributed by atoms with E-state index in [-0.39, 0.29) is 11.1 Å². The number of carbonyl (C=O) groups is 2. The molecule has 0 saturated heterocycles. The Morgan fingerprint density at radius 3 is 2.00 bits per heavy atom. The van der Waals surface area contributed by atoms with Crippen molar-refractivity contribution >= 4 is 11.6 Å². The van der Waals surface area contributed by atoms with Crippen molar-refractivity contribution in [2.24, 2.45) is 0 Å². The maximum Gasteiger partial charge on any atom is 0.527 e. The highest BCUT2D eigenvalue weighted by atomic mass is 16.7. The standard InChI is InChI=1S/C10H6N2O6/c13-8-5-10(11(15)16,12(17)18)9(14)7-4-2-1-3-6(7)8/h1-4H,5H2. The van der Waals surface area contributed by atoms with Crippen molar-refractivity contribution in [3.63, 3.8) is 0 Å². The monoisotopic (exact) mass is 250 g/mol. The zero-order chi connectivity index (χ0) is 13.5. The fourth-order valence-corrected chi connectivity index (χ4v) is 1.90. The lowest BCUT2D eigenvalue weighted by atomic mass is 9.82. The molecule has 2 rings (SSSR count). The van der Waals surface area contributed by atoms with E-state index >= 15 is 0 Å². The molecule has 1 aromatic carbocycles. The number of hydrogen-bond acceptors (Lipinski definition) is 6. The van der Waals surface area contributed by atoms with Crippen molar-refractivity contribution < 1.29 is 19.4 Å². The van der Waals surface area contributed by atoms with E-state index in [1.807, 2.05) is 0 Å². The van der Waals surface area contributed by atoms with Crippen molar-refractivity contribution in [3.05, 3.63) is 55.6 Å². The number of rotatable bonds is 2. The third-order valence-electron chi connectivity index (χ3n) is 2.85. The molecule has 0 atom stereocenters. The van der Waals surface area contributed by atoms with Gasteiger partial charge in [-0.1, -0.05) is 24.3 Å². The summed E-state index contributed by atoms with van der Waals surface area (Å²) in [5, 5.41) is 21.7. The van der Waals surface area contributed by atoms with Crippen LogP contribution in [0, 0.1) is 20.2 Å². The molecule has 0 bridgehead atoms. The largest absolute Gasteiger partial charge is 0.527 e. The predicted molar refractivity (Wildman–Crippen MR) is 56.4 cm³/mol. The second-order valence-corrected chi connectivity index (χ2v) is 3.81. The molecular weight excluding hydrogens is 244 g/mol. The Balaban J connectivity index is 2.71. The first-order valence-electron chi connectivity index (χ1n) is 4.87. The molecule has 0 aliphatic heterocycles. The molecular formula is C10H6N2O6. The summed E-state index contributed by atoms with van der Waals surface area (Å²) in [5.74, 6) is -2.04. The van der Waals surface area contributed by atoms with E-state index in [9.17, 15) is 29.8 Å². The second kappa shape index (κ2) is 3.69. The molecule has 0 aromatic heterocycles. The average Bonchev–Trinajstić information content (AvgIpc) is 2.33. The van der Waals surface area contributed by atoms with Crippen LogP contribution in [0.15, 0.2) is 24.3 Å². The van der Waals surface area contributed by atoms with E-state index in [0.717, 1.165) is 0 Å². The molecule has 0 spiro atoms. The quantitative estimate of drug-likeness (QED) is 0.432. The topological polar surface area (TPSA) is 120 Å². The lowest BCUT2D eigenvalue weighted by molar-refractivity contribution is -0.772. The lowest BCUT2D eigenvalue weighted by Crippen LogP contribution is -2.57. The fraction of sp³-hybridized carbons (Fsp3) is 0.200. The van der Waals surface area contributed by atoms with E-state index in [4.69, 9.17) is 0 Å². The van der Waals surface area contributed by atoms with Crippen molar-refractivity contribution in [2.45, 2.75) is 12.1 Å². The number of nitro groups is 2. The lowest BCUT2D eigenvalue weighted by Gasteiger charge is -2.20. The van der Waals surface area contributed by atoms with Crippen molar-refractivity contribution in [3.8, 4) is 0 Å². The molecule has 0 N–H and O–H groups in total. The predicted octanol–water partition coefficient (Wildman–Crippen LogP) is 0.705. The molecule has 92 valence electrons. The van der Waals surface area contributed by atoms with Gasteiger partial charge in [0.05, 0.1) is 0 Å². The molecule has 0 fully saturated rings. The highest BCUT2D eigenvalue weighted by Gasteiger charge is 2.67. The number of nitrogens with zero attached hydrogens (tertiary/aromatic N) is 2. The summed E-state index contributed by atoms with van der Waals surface area (Å²) in [6.45, 7) is 0. The van der Waals surface area contributed by atoms with Gasteiger partial charge in [0.1, 0.15) is 9.85 Å². The SMILES string of the molecule is O=C1CC([N+](=O)[O-])([N+](=O)[O-])C(=O)c2ccccc21. The molecule has 8 heteroatoms. The maximum absolute atomic E-state index is 11.9. The van der Waals surface area contributed by atoms with Crippen LogP contribution >= 0.6 is 0 Å². The van der Waals surface area contributed by atoms with Gasteiger partial charge in [0, 0.05) is 11.1 Å². The van der Waals surface area contributed by atoms with Crippen LogP contribution < -0.4 is 0 Å². The second-order valence-electron chi connectivity index (χ2n) is 3.81. The van der Waals surface area contributed by atoms with Gasteiger partial charge >= 0.3 is 11.4 Å². The molecule has 1 aliphatic rings. The number of carbonyl (C=O) groups excluding carboxylic acids is 2. The molecule has 0 unspecified atom stereocenters. The average molecular weight is 250 g/mol. The Bertz CT molecular complexity index is 580. The Morgan fingerprint density at radius 2 is 1.50 bits per heavy atom. The fourth-order valence-electron chi connectivity index (χ4n) is 1.90. The van der Waals surface area contributed by atoms with Crippen molar-refractivity contribution in [1.82, 2.24) is 0 Å². The highest BCUT2D eigenvalue weighted by Crippen LogP contribution is 2.31. The Hall–Kier alpha value is -2.64. The van der Waals surface area contributed by atoms with Crippen LogP contribution in [-0.4, -0.2) is 27.1 Å². The van der Waals surface area contributed by atoms with Crippen LogP contribution in [0.25, 0.3) is 0 Å². The summed E-state index contributed by atoms with van der Waals surface area (Å²) in [5.41, 5.74) is -3.38. The third kappa shape index (κ3) is 1.32. The van der Waals surface area contributed by atoms with Crippen LogP contribution in [-0.2, 0) is 0 Å². The number of hydrogen-bond donors (Lipinski definition) is 0. The Labute approximate surface area is 99.5 Å². The number of ketones is 2. The summed E-state index contributed by atoms with van der Waals surface area (Å²) >= 11 is 0. The molecule has 0 radical (unpaired) electrons. The van der Waals surface area contributed by atoms with E-state index in [2.05, 4.69) is 0 Å². The van der Waals surface area contributed by atoms with E-state index < -0.39 is 33.5 Å². The zero-order valence-electron chi connectivity index (χ0n) is 8.86. The Kier molecular flexibility index (Phi) is 2.43. The molecule has 0 saturated carbocycles. The molecule has 8 nitrogen and oxygen atoms in total. The van der Waals surface area contributed by atoms with Gasteiger partial charge in [-0.25, -0.2) is 0 Å². The zero-order valence-corrected chi connectivity index (χ0v) is 8.86. The normalized spacial score (nSPS) is 17.1. The van der Waals surface area contributed by atoms with Gasteiger partial charge in [-0.3, -0.25) is 29.8 Å². The molecule has 0 amide bonds. The molecule has 18 heavy (non-hydrogen) atoms. The highest BCUT2D eigenvalue weighted by molar-refractivity contribution is 6.17. The summed E-state index contributed by atoms with van der Waals surface area (Å²) < 4.78 is 0. The van der Waals surface area contributed by atoms with Gasteiger partial charge in [0.2, 0.25) is 0 Å². The van der Waals surface area contributed by atoms with Gasteiger partial charge in [-0.15, -0.1) is 0 Å². The summed E-state index contributed by atoms with van der Waals surface area (Å²) in [7, 11) is 0. The van der Waals surface area contributed by atoms with E-state index in [1.165, 1.54) is 24.3 Å². The van der Waals surface area contributed by atoms with Crippen LogP contribution in [0.3, 0.4) is 0 Å². The maximum atomic E-state index is 11.9. The van der Waals surface area contributed by atoms with Crippen molar-refractivity contribution in [2.75, 3.05) is 0 Å². The first-order valence-corrected chi connectivity index (χ1v) is 4.87. The van der Waals surface area contributed by atoms with Gasteiger partial charge in [-0.2, -0.15) is 0 Å². The smallest absolute Gasteiger partial charge is 0.294 e.